The van der Waals surface area contributed by atoms with Gasteiger partial charge >= 0.3 is 19.4 Å². The maximum atomic E-state index is 13.7. The van der Waals surface area contributed by atoms with Crippen LogP contribution in [0.2, 0.25) is 0 Å². The standard InChI is InChI=1S/C24H31N4O8P/c1-6-24(5)20(29)18(35-22(24)28-13-12-19(25)26-23(28)31)14-33-37(32,36-17-10-8-7-9-11-17)27-16(4)21(30)34-15(2)3/h1,7-13,15-16,18,20,22,29H,14H2,2-5H3,(H,27,32)(H2,25,26,31). The van der Waals surface area contributed by atoms with E-state index in [0.717, 1.165) is 4.57 Å². The molecule has 1 aliphatic heterocycles. The fourth-order valence-electron chi connectivity index (χ4n) is 3.67. The summed E-state index contributed by atoms with van der Waals surface area (Å²) in [5.41, 5.74) is 3.47. The number of aliphatic hydroxyl groups excluding tert-OH is 1. The lowest BCUT2D eigenvalue weighted by Crippen LogP contribution is -2.40. The number of carbonyl (C=O) groups excluding carboxylic acids is 1. The minimum absolute atomic E-state index is 0.0114. The Bertz CT molecular complexity index is 1250. The molecule has 0 radical (unpaired) electrons. The highest BCUT2D eigenvalue weighted by molar-refractivity contribution is 7.52. The molecule has 0 spiro atoms. The van der Waals surface area contributed by atoms with E-state index in [9.17, 15) is 19.3 Å². The molecule has 1 saturated heterocycles. The summed E-state index contributed by atoms with van der Waals surface area (Å²) in [7, 11) is -4.22. The van der Waals surface area contributed by atoms with Crippen LogP contribution < -0.4 is 21.0 Å². The Morgan fingerprint density at radius 2 is 2.03 bits per heavy atom. The number of aromatic nitrogens is 2. The van der Waals surface area contributed by atoms with Gasteiger partial charge in [-0.25, -0.2) is 9.36 Å². The van der Waals surface area contributed by atoms with Crippen LogP contribution in [0, 0.1) is 17.8 Å². The number of ether oxygens (including phenoxy) is 2. The summed E-state index contributed by atoms with van der Waals surface area (Å²) < 4.78 is 37.1. The van der Waals surface area contributed by atoms with Crippen molar-refractivity contribution < 1.29 is 33.0 Å². The Balaban J connectivity index is 1.83. The van der Waals surface area contributed by atoms with Gasteiger partial charge in [-0.05, 0) is 45.9 Å². The summed E-state index contributed by atoms with van der Waals surface area (Å²) >= 11 is 0. The van der Waals surface area contributed by atoms with E-state index >= 15 is 0 Å². The second-order valence-electron chi connectivity index (χ2n) is 8.98. The molecule has 0 aliphatic carbocycles. The summed E-state index contributed by atoms with van der Waals surface area (Å²) in [6.07, 6.45) is 3.11. The van der Waals surface area contributed by atoms with Gasteiger partial charge in [-0.3, -0.25) is 13.9 Å². The van der Waals surface area contributed by atoms with Crippen molar-refractivity contribution in [3.63, 3.8) is 0 Å². The van der Waals surface area contributed by atoms with E-state index in [1.807, 2.05) is 0 Å². The second-order valence-corrected chi connectivity index (χ2v) is 10.7. The van der Waals surface area contributed by atoms with Crippen molar-refractivity contribution in [2.75, 3.05) is 12.3 Å². The number of nitrogens with one attached hydrogen (secondary N) is 1. The molecule has 200 valence electrons. The van der Waals surface area contributed by atoms with Crippen LogP contribution in [0.15, 0.2) is 47.4 Å². The van der Waals surface area contributed by atoms with Gasteiger partial charge in [0.1, 0.15) is 35.2 Å². The molecule has 3 rings (SSSR count). The normalized spacial score (nSPS) is 25.7. The smallest absolute Gasteiger partial charge is 0.459 e. The third-order valence-corrected chi connectivity index (χ3v) is 7.28. The molecule has 0 amide bonds. The van der Waals surface area contributed by atoms with Crippen molar-refractivity contribution in [2.24, 2.45) is 5.41 Å². The van der Waals surface area contributed by atoms with E-state index in [1.165, 1.54) is 26.1 Å². The SMILES string of the molecule is C#CC1(C)C(O)C(COP(=O)(NC(C)C(=O)OC(C)C)Oc2ccccc2)OC1n1ccc(N)nc1=O. The Labute approximate surface area is 214 Å². The number of nitrogens with zero attached hydrogens (tertiary/aromatic N) is 2. The van der Waals surface area contributed by atoms with Crippen molar-refractivity contribution >= 4 is 19.5 Å². The maximum absolute atomic E-state index is 13.7. The fourth-order valence-corrected chi connectivity index (χ4v) is 5.17. The molecule has 12 nitrogen and oxygen atoms in total. The first-order valence-electron chi connectivity index (χ1n) is 11.5. The molecule has 37 heavy (non-hydrogen) atoms. The lowest BCUT2D eigenvalue weighted by molar-refractivity contribution is -0.149. The van der Waals surface area contributed by atoms with E-state index < -0.39 is 62.0 Å². The number of terminal acetylenes is 1. The number of para-hydroxylation sites is 1. The number of rotatable bonds is 10. The lowest BCUT2D eigenvalue weighted by atomic mass is 9.83. The largest absolute Gasteiger partial charge is 0.462 e. The zero-order valence-corrected chi connectivity index (χ0v) is 21.8. The van der Waals surface area contributed by atoms with Gasteiger partial charge in [0.25, 0.3) is 0 Å². The van der Waals surface area contributed by atoms with E-state index in [0.29, 0.717) is 0 Å². The van der Waals surface area contributed by atoms with Gasteiger partial charge in [-0.1, -0.05) is 24.1 Å². The molecular weight excluding hydrogens is 503 g/mol. The van der Waals surface area contributed by atoms with Gasteiger partial charge in [-0.2, -0.15) is 10.1 Å². The van der Waals surface area contributed by atoms with E-state index in [-0.39, 0.29) is 11.6 Å². The molecule has 2 heterocycles. The first-order valence-corrected chi connectivity index (χ1v) is 13.1. The number of anilines is 1. The number of nitrogen functional groups attached to an aromatic ring is 1. The molecule has 1 aromatic carbocycles. The number of hydrogen-bond donors (Lipinski definition) is 3. The summed E-state index contributed by atoms with van der Waals surface area (Å²) in [6, 6.07) is 8.52. The highest BCUT2D eigenvalue weighted by Gasteiger charge is 2.54. The fraction of sp³-hybridized carbons (Fsp3) is 0.458. The lowest BCUT2D eigenvalue weighted by Gasteiger charge is -2.28. The zero-order valence-electron chi connectivity index (χ0n) is 20.9. The van der Waals surface area contributed by atoms with E-state index in [2.05, 4.69) is 16.0 Å². The highest BCUT2D eigenvalue weighted by atomic mass is 31.2. The minimum atomic E-state index is -4.22. The molecule has 4 N–H and O–H groups in total. The topological polar surface area (TPSA) is 164 Å². The predicted octanol–water partition coefficient (Wildman–Crippen LogP) is 1.86. The van der Waals surface area contributed by atoms with Gasteiger partial charge < -0.3 is 24.8 Å². The summed E-state index contributed by atoms with van der Waals surface area (Å²) in [5.74, 6) is 2.04. The predicted molar refractivity (Wildman–Crippen MR) is 134 cm³/mol. The van der Waals surface area contributed by atoms with Crippen LogP contribution in [-0.4, -0.2) is 51.6 Å². The quantitative estimate of drug-likeness (QED) is 0.231. The number of nitrogens with two attached hydrogens (primary N) is 1. The molecule has 6 unspecified atom stereocenters. The van der Waals surface area contributed by atoms with Crippen molar-refractivity contribution in [1.29, 1.82) is 0 Å². The average molecular weight is 535 g/mol. The minimum Gasteiger partial charge on any atom is -0.462 e. The Kier molecular flexibility index (Phi) is 8.79. The molecule has 6 atom stereocenters. The molecule has 2 aromatic rings. The molecule has 1 fully saturated rings. The van der Waals surface area contributed by atoms with Crippen LogP contribution >= 0.6 is 7.75 Å². The summed E-state index contributed by atoms with van der Waals surface area (Å²) in [5, 5.41) is 13.6. The van der Waals surface area contributed by atoms with Gasteiger partial charge in [-0.15, -0.1) is 6.42 Å². The van der Waals surface area contributed by atoms with Crippen LogP contribution in [-0.2, 0) is 23.4 Å². The molecule has 0 bridgehead atoms. The maximum Gasteiger partial charge on any atom is 0.459 e. The number of esters is 1. The second kappa shape index (κ2) is 11.5. The molecule has 13 heteroatoms. The number of benzene rings is 1. The Morgan fingerprint density at radius 3 is 2.62 bits per heavy atom. The first-order chi connectivity index (χ1) is 17.4. The van der Waals surface area contributed by atoms with Gasteiger partial charge in [0.2, 0.25) is 0 Å². The van der Waals surface area contributed by atoms with Crippen molar-refractivity contribution in [3.05, 3.63) is 53.1 Å². The van der Waals surface area contributed by atoms with Crippen LogP contribution in [0.25, 0.3) is 0 Å². The highest BCUT2D eigenvalue weighted by Crippen LogP contribution is 2.48. The molecule has 0 saturated carbocycles. The van der Waals surface area contributed by atoms with Crippen LogP contribution in [0.5, 0.6) is 5.75 Å². The van der Waals surface area contributed by atoms with Gasteiger partial charge in [0.05, 0.1) is 12.7 Å². The summed E-state index contributed by atoms with van der Waals surface area (Å²) in [4.78, 5) is 28.4. The molecule has 1 aromatic heterocycles. The zero-order chi connectivity index (χ0) is 27.4. The van der Waals surface area contributed by atoms with Crippen LogP contribution in [0.4, 0.5) is 5.82 Å². The van der Waals surface area contributed by atoms with Crippen molar-refractivity contribution in [2.45, 2.75) is 58.3 Å². The van der Waals surface area contributed by atoms with Gasteiger partial charge in [0.15, 0.2) is 6.23 Å². The number of hydrogen-bond acceptors (Lipinski definition) is 10. The first kappa shape index (κ1) is 28.4. The number of aliphatic hydroxyl groups is 1. The average Bonchev–Trinajstić information content (AvgIpc) is 3.08. The Hall–Kier alpha value is -3.20. The van der Waals surface area contributed by atoms with E-state index in [1.54, 1.807) is 44.2 Å². The Morgan fingerprint density at radius 1 is 1.35 bits per heavy atom. The molecular formula is C24H31N4O8P. The van der Waals surface area contributed by atoms with Crippen molar-refractivity contribution in [1.82, 2.24) is 14.6 Å². The number of carbonyl (C=O) groups is 1. The molecule has 1 aliphatic rings. The third kappa shape index (κ3) is 6.57. The van der Waals surface area contributed by atoms with Crippen molar-refractivity contribution in [3.8, 4) is 18.1 Å². The van der Waals surface area contributed by atoms with Crippen LogP contribution in [0.3, 0.4) is 0 Å². The third-order valence-electron chi connectivity index (χ3n) is 5.63. The monoisotopic (exact) mass is 534 g/mol. The van der Waals surface area contributed by atoms with Crippen LogP contribution in [0.1, 0.15) is 33.9 Å². The van der Waals surface area contributed by atoms with Gasteiger partial charge in [0, 0.05) is 6.20 Å². The van der Waals surface area contributed by atoms with E-state index in [4.69, 9.17) is 30.7 Å². The summed E-state index contributed by atoms with van der Waals surface area (Å²) in [6.45, 7) is 5.88.